The molecule has 0 saturated carbocycles. The Hall–Kier alpha value is -1.92. The summed E-state index contributed by atoms with van der Waals surface area (Å²) in [5.74, 6) is -0.0270. The van der Waals surface area contributed by atoms with E-state index < -0.39 is 0 Å². The second-order valence-electron chi connectivity index (χ2n) is 4.72. The third-order valence-electron chi connectivity index (χ3n) is 3.44. The van der Waals surface area contributed by atoms with Crippen LogP contribution in [0.2, 0.25) is 0 Å². The van der Waals surface area contributed by atoms with Gasteiger partial charge in [0.05, 0.1) is 23.6 Å². The maximum atomic E-state index is 9.11. The third kappa shape index (κ3) is 1.85. The van der Waals surface area contributed by atoms with E-state index in [0.717, 1.165) is 28.6 Å². The van der Waals surface area contributed by atoms with Crippen LogP contribution in [0.25, 0.3) is 10.9 Å². The molecule has 0 spiro atoms. The second kappa shape index (κ2) is 4.40. The van der Waals surface area contributed by atoms with Gasteiger partial charge >= 0.3 is 0 Å². The summed E-state index contributed by atoms with van der Waals surface area (Å²) in [4.78, 5) is 4.48. The molecule has 2 aromatic rings. The molecule has 2 heterocycles. The quantitative estimate of drug-likeness (QED) is 0.766. The fourth-order valence-electron chi connectivity index (χ4n) is 2.47. The summed E-state index contributed by atoms with van der Waals surface area (Å²) in [5, 5.41) is 10.2. The summed E-state index contributed by atoms with van der Waals surface area (Å²) in [6.45, 7) is 2.66. The van der Waals surface area contributed by atoms with Crippen LogP contribution in [-0.2, 0) is 4.74 Å². The highest BCUT2D eigenvalue weighted by Crippen LogP contribution is 2.35. The maximum Gasteiger partial charge on any atom is 0.0984 e. The molecule has 3 nitrogen and oxygen atoms in total. The van der Waals surface area contributed by atoms with Crippen molar-refractivity contribution in [2.45, 2.75) is 19.4 Å². The van der Waals surface area contributed by atoms with Crippen molar-refractivity contribution in [2.24, 2.45) is 5.92 Å². The Bertz CT molecular complexity index is 630. The lowest BCUT2D eigenvalue weighted by Gasteiger charge is -2.13. The molecular weight excluding hydrogens is 224 g/mol. The molecule has 1 aromatic heterocycles. The van der Waals surface area contributed by atoms with E-state index in [2.05, 4.69) is 23.2 Å². The SMILES string of the molecule is Cc1ccc2cc(C3OCCC3C#N)ccc2n1. The average molecular weight is 238 g/mol. The Kier molecular flexibility index (Phi) is 2.73. The summed E-state index contributed by atoms with van der Waals surface area (Å²) in [6.07, 6.45) is 0.742. The normalized spacial score (nSPS) is 23.1. The van der Waals surface area contributed by atoms with Crippen molar-refractivity contribution >= 4 is 10.9 Å². The van der Waals surface area contributed by atoms with Crippen molar-refractivity contribution in [1.29, 1.82) is 5.26 Å². The molecule has 0 amide bonds. The molecule has 18 heavy (non-hydrogen) atoms. The summed E-state index contributed by atoms with van der Waals surface area (Å²) in [5.41, 5.74) is 3.09. The van der Waals surface area contributed by atoms with E-state index >= 15 is 0 Å². The zero-order chi connectivity index (χ0) is 12.5. The largest absolute Gasteiger partial charge is 0.372 e. The van der Waals surface area contributed by atoms with Gasteiger partial charge in [0.2, 0.25) is 0 Å². The molecule has 1 aliphatic heterocycles. The molecular formula is C15H14N2O. The second-order valence-corrected chi connectivity index (χ2v) is 4.72. The van der Waals surface area contributed by atoms with Crippen LogP contribution in [0, 0.1) is 24.2 Å². The summed E-state index contributed by atoms with van der Waals surface area (Å²) < 4.78 is 5.67. The number of fused-ring (bicyclic) bond motifs is 1. The minimum absolute atomic E-state index is 0.0270. The van der Waals surface area contributed by atoms with Crippen molar-refractivity contribution < 1.29 is 4.74 Å². The fourth-order valence-corrected chi connectivity index (χ4v) is 2.47. The highest BCUT2D eigenvalue weighted by molar-refractivity contribution is 5.79. The number of ether oxygens (including phenoxy) is 1. The maximum absolute atomic E-state index is 9.11. The number of benzene rings is 1. The van der Waals surface area contributed by atoms with Gasteiger partial charge in [-0.05, 0) is 37.1 Å². The standard InChI is InChI=1S/C15H14N2O/c1-10-2-3-11-8-12(4-5-14(11)17-10)15-13(9-16)6-7-18-15/h2-5,8,13,15H,6-7H2,1H3. The van der Waals surface area contributed by atoms with Crippen LogP contribution in [0.3, 0.4) is 0 Å². The Balaban J connectivity index is 2.03. The number of aromatic nitrogens is 1. The number of hydrogen-bond donors (Lipinski definition) is 0. The van der Waals surface area contributed by atoms with Crippen LogP contribution in [0.5, 0.6) is 0 Å². The number of rotatable bonds is 1. The smallest absolute Gasteiger partial charge is 0.0984 e. The van der Waals surface area contributed by atoms with Crippen LogP contribution in [0.1, 0.15) is 23.8 Å². The predicted molar refractivity (Wildman–Crippen MR) is 68.9 cm³/mol. The van der Waals surface area contributed by atoms with E-state index in [1.54, 1.807) is 0 Å². The van der Waals surface area contributed by atoms with E-state index in [-0.39, 0.29) is 12.0 Å². The van der Waals surface area contributed by atoms with Gasteiger partial charge in [-0.1, -0.05) is 12.1 Å². The average Bonchev–Trinajstić information content (AvgIpc) is 2.86. The highest BCUT2D eigenvalue weighted by atomic mass is 16.5. The molecule has 0 bridgehead atoms. The molecule has 1 aliphatic rings. The third-order valence-corrected chi connectivity index (χ3v) is 3.44. The number of nitriles is 1. The summed E-state index contributed by atoms with van der Waals surface area (Å²) in [7, 11) is 0. The van der Waals surface area contributed by atoms with Gasteiger partial charge in [-0.15, -0.1) is 0 Å². The van der Waals surface area contributed by atoms with Gasteiger partial charge in [-0.3, -0.25) is 4.98 Å². The van der Waals surface area contributed by atoms with Gasteiger partial charge < -0.3 is 4.74 Å². The van der Waals surface area contributed by atoms with Gasteiger partial charge in [-0.2, -0.15) is 5.26 Å². The van der Waals surface area contributed by atoms with Crippen molar-refractivity contribution in [3.63, 3.8) is 0 Å². The Labute approximate surface area is 106 Å². The van der Waals surface area contributed by atoms with E-state index in [1.807, 2.05) is 25.1 Å². The first-order chi connectivity index (χ1) is 8.78. The lowest BCUT2D eigenvalue weighted by Crippen LogP contribution is -2.05. The van der Waals surface area contributed by atoms with E-state index in [0.29, 0.717) is 6.61 Å². The van der Waals surface area contributed by atoms with Gasteiger partial charge in [0, 0.05) is 17.7 Å². The Morgan fingerprint density at radius 3 is 3.06 bits per heavy atom. The number of nitrogens with zero attached hydrogens (tertiary/aromatic N) is 2. The first-order valence-electron chi connectivity index (χ1n) is 6.16. The van der Waals surface area contributed by atoms with Crippen LogP contribution >= 0.6 is 0 Å². The molecule has 3 heteroatoms. The van der Waals surface area contributed by atoms with Crippen LogP contribution in [0.4, 0.5) is 0 Å². The molecule has 90 valence electrons. The number of aryl methyl sites for hydroxylation is 1. The van der Waals surface area contributed by atoms with Crippen LogP contribution in [0.15, 0.2) is 30.3 Å². The Morgan fingerprint density at radius 1 is 1.33 bits per heavy atom. The zero-order valence-electron chi connectivity index (χ0n) is 10.3. The minimum atomic E-state index is -0.0827. The molecule has 2 unspecified atom stereocenters. The van der Waals surface area contributed by atoms with Crippen LogP contribution < -0.4 is 0 Å². The minimum Gasteiger partial charge on any atom is -0.372 e. The van der Waals surface area contributed by atoms with Gasteiger partial charge in [-0.25, -0.2) is 0 Å². The van der Waals surface area contributed by atoms with Gasteiger partial charge in [0.1, 0.15) is 0 Å². The first kappa shape index (κ1) is 11.2. The monoisotopic (exact) mass is 238 g/mol. The molecule has 3 rings (SSSR count). The summed E-state index contributed by atoms with van der Waals surface area (Å²) in [6, 6.07) is 12.5. The van der Waals surface area contributed by atoms with E-state index in [9.17, 15) is 0 Å². The van der Waals surface area contributed by atoms with Gasteiger partial charge in [0.25, 0.3) is 0 Å². The predicted octanol–water partition coefficient (Wildman–Crippen LogP) is 3.14. The van der Waals surface area contributed by atoms with Crippen molar-refractivity contribution in [3.05, 3.63) is 41.6 Å². The molecule has 0 aliphatic carbocycles. The van der Waals surface area contributed by atoms with Crippen molar-refractivity contribution in [3.8, 4) is 6.07 Å². The molecule has 0 radical (unpaired) electrons. The lowest BCUT2D eigenvalue weighted by atomic mass is 9.95. The number of pyridine rings is 1. The molecule has 0 N–H and O–H groups in total. The Morgan fingerprint density at radius 2 is 2.22 bits per heavy atom. The topological polar surface area (TPSA) is 45.9 Å². The van der Waals surface area contributed by atoms with E-state index in [4.69, 9.17) is 10.00 Å². The zero-order valence-corrected chi connectivity index (χ0v) is 10.3. The number of hydrogen-bond acceptors (Lipinski definition) is 3. The van der Waals surface area contributed by atoms with Gasteiger partial charge in [0.15, 0.2) is 0 Å². The highest BCUT2D eigenvalue weighted by Gasteiger charge is 2.29. The van der Waals surface area contributed by atoms with E-state index in [1.165, 1.54) is 0 Å². The molecule has 1 fully saturated rings. The van der Waals surface area contributed by atoms with Crippen molar-refractivity contribution in [2.75, 3.05) is 6.61 Å². The first-order valence-corrected chi connectivity index (χ1v) is 6.16. The molecule has 1 saturated heterocycles. The van der Waals surface area contributed by atoms with Crippen molar-refractivity contribution in [1.82, 2.24) is 4.98 Å². The fraction of sp³-hybridized carbons (Fsp3) is 0.333. The van der Waals surface area contributed by atoms with Crippen LogP contribution in [-0.4, -0.2) is 11.6 Å². The lowest BCUT2D eigenvalue weighted by molar-refractivity contribution is 0.101. The summed E-state index contributed by atoms with van der Waals surface area (Å²) >= 11 is 0. The molecule has 2 atom stereocenters. The molecule has 1 aromatic carbocycles.